The summed E-state index contributed by atoms with van der Waals surface area (Å²) in [5, 5.41) is 9.06. The Hall–Kier alpha value is -2.67. The van der Waals surface area contributed by atoms with Crippen molar-refractivity contribution in [3.05, 3.63) is 53.1 Å². The van der Waals surface area contributed by atoms with Crippen molar-refractivity contribution in [1.82, 2.24) is 0 Å². The Labute approximate surface area is 124 Å². The molecule has 4 nitrogen and oxygen atoms in total. The zero-order chi connectivity index (χ0) is 14.8. The minimum Gasteiger partial charge on any atom is -0.496 e. The molecule has 0 amide bonds. The highest BCUT2D eigenvalue weighted by atomic mass is 16.5. The maximum atomic E-state index is 9.06. The Morgan fingerprint density at radius 2 is 2.14 bits per heavy atom. The van der Waals surface area contributed by atoms with E-state index in [1.54, 1.807) is 13.2 Å². The van der Waals surface area contributed by atoms with Crippen molar-refractivity contribution in [2.24, 2.45) is 0 Å². The SMILES string of the molecule is COc1ccc(C#N)cc1CN1CCc2ccc(N)cc21. The Kier molecular flexibility index (Phi) is 3.41. The second-order valence-corrected chi connectivity index (χ2v) is 5.20. The van der Waals surface area contributed by atoms with Crippen LogP contribution in [0.5, 0.6) is 5.75 Å². The van der Waals surface area contributed by atoms with Crippen LogP contribution in [-0.2, 0) is 13.0 Å². The fourth-order valence-electron chi connectivity index (χ4n) is 2.80. The number of fused-ring (bicyclic) bond motifs is 1. The second-order valence-electron chi connectivity index (χ2n) is 5.20. The molecule has 0 saturated heterocycles. The van der Waals surface area contributed by atoms with Crippen molar-refractivity contribution in [3.8, 4) is 11.8 Å². The monoisotopic (exact) mass is 279 g/mol. The predicted octanol–water partition coefficient (Wildman–Crippen LogP) is 2.71. The van der Waals surface area contributed by atoms with E-state index in [9.17, 15) is 0 Å². The molecule has 0 atom stereocenters. The van der Waals surface area contributed by atoms with Gasteiger partial charge in [0, 0.05) is 30.0 Å². The molecule has 1 aliphatic heterocycles. The molecular weight excluding hydrogens is 262 g/mol. The van der Waals surface area contributed by atoms with Gasteiger partial charge in [0.2, 0.25) is 0 Å². The number of nitriles is 1. The molecule has 0 saturated carbocycles. The fraction of sp³-hybridized carbons (Fsp3) is 0.235. The normalized spacial score (nSPS) is 12.9. The van der Waals surface area contributed by atoms with Crippen LogP contribution in [0.4, 0.5) is 11.4 Å². The van der Waals surface area contributed by atoms with Crippen LogP contribution in [-0.4, -0.2) is 13.7 Å². The van der Waals surface area contributed by atoms with Gasteiger partial charge in [-0.3, -0.25) is 0 Å². The first kappa shape index (κ1) is 13.3. The lowest BCUT2D eigenvalue weighted by atomic mass is 10.1. The molecule has 0 radical (unpaired) electrons. The Morgan fingerprint density at radius 1 is 1.29 bits per heavy atom. The molecule has 2 aromatic carbocycles. The molecule has 0 fully saturated rings. The average molecular weight is 279 g/mol. The van der Waals surface area contributed by atoms with Crippen LogP contribution in [0.25, 0.3) is 0 Å². The van der Waals surface area contributed by atoms with Crippen molar-refractivity contribution >= 4 is 11.4 Å². The standard InChI is InChI=1S/C17H17N3O/c1-21-17-5-2-12(10-18)8-14(17)11-20-7-6-13-3-4-15(19)9-16(13)20/h2-5,8-9H,6-7,11,19H2,1H3. The maximum Gasteiger partial charge on any atom is 0.123 e. The van der Waals surface area contributed by atoms with Crippen LogP contribution >= 0.6 is 0 Å². The Balaban J connectivity index is 1.92. The number of nitrogens with two attached hydrogens (primary N) is 1. The highest BCUT2D eigenvalue weighted by Gasteiger charge is 2.20. The largest absolute Gasteiger partial charge is 0.496 e. The van der Waals surface area contributed by atoms with E-state index in [2.05, 4.69) is 17.0 Å². The van der Waals surface area contributed by atoms with E-state index in [0.717, 1.165) is 36.5 Å². The van der Waals surface area contributed by atoms with E-state index in [1.807, 2.05) is 24.3 Å². The Morgan fingerprint density at radius 3 is 2.90 bits per heavy atom. The summed E-state index contributed by atoms with van der Waals surface area (Å²) in [6.07, 6.45) is 1.02. The highest BCUT2D eigenvalue weighted by molar-refractivity contribution is 5.64. The summed E-state index contributed by atoms with van der Waals surface area (Å²) >= 11 is 0. The van der Waals surface area contributed by atoms with Gasteiger partial charge in [0.05, 0.1) is 18.7 Å². The van der Waals surface area contributed by atoms with Gasteiger partial charge in [-0.05, 0) is 42.3 Å². The lowest BCUT2D eigenvalue weighted by Gasteiger charge is -2.21. The van der Waals surface area contributed by atoms with E-state index in [4.69, 9.17) is 15.7 Å². The highest BCUT2D eigenvalue weighted by Crippen LogP contribution is 2.32. The van der Waals surface area contributed by atoms with Gasteiger partial charge in [-0.2, -0.15) is 5.26 Å². The van der Waals surface area contributed by atoms with Crippen LogP contribution in [0.2, 0.25) is 0 Å². The number of rotatable bonds is 3. The zero-order valence-electron chi connectivity index (χ0n) is 12.0. The minimum atomic E-state index is 0.651. The molecule has 2 aromatic rings. The number of hydrogen-bond donors (Lipinski definition) is 1. The topological polar surface area (TPSA) is 62.3 Å². The number of hydrogen-bond acceptors (Lipinski definition) is 4. The lowest BCUT2D eigenvalue weighted by Crippen LogP contribution is -2.20. The average Bonchev–Trinajstić information content (AvgIpc) is 2.89. The molecule has 0 unspecified atom stereocenters. The lowest BCUT2D eigenvalue weighted by molar-refractivity contribution is 0.409. The van der Waals surface area contributed by atoms with Gasteiger partial charge in [0.25, 0.3) is 0 Å². The van der Waals surface area contributed by atoms with Crippen molar-refractivity contribution in [1.29, 1.82) is 5.26 Å². The van der Waals surface area contributed by atoms with E-state index in [-0.39, 0.29) is 0 Å². The third-order valence-electron chi connectivity index (χ3n) is 3.87. The molecule has 0 bridgehead atoms. The second kappa shape index (κ2) is 5.37. The predicted molar refractivity (Wildman–Crippen MR) is 83.3 cm³/mol. The van der Waals surface area contributed by atoms with Gasteiger partial charge in [-0.25, -0.2) is 0 Å². The van der Waals surface area contributed by atoms with Gasteiger partial charge in [0.15, 0.2) is 0 Å². The van der Waals surface area contributed by atoms with Crippen LogP contribution in [0.1, 0.15) is 16.7 Å². The molecule has 0 spiro atoms. The van der Waals surface area contributed by atoms with Gasteiger partial charge in [-0.1, -0.05) is 6.07 Å². The van der Waals surface area contributed by atoms with Crippen molar-refractivity contribution in [3.63, 3.8) is 0 Å². The first-order valence-electron chi connectivity index (χ1n) is 6.91. The zero-order valence-corrected chi connectivity index (χ0v) is 12.0. The molecule has 4 heteroatoms. The van der Waals surface area contributed by atoms with Gasteiger partial charge in [-0.15, -0.1) is 0 Å². The number of ether oxygens (including phenoxy) is 1. The summed E-state index contributed by atoms with van der Waals surface area (Å²) in [6.45, 7) is 1.67. The molecule has 0 aromatic heterocycles. The third kappa shape index (κ3) is 2.50. The van der Waals surface area contributed by atoms with Crippen molar-refractivity contribution in [2.75, 3.05) is 24.3 Å². The minimum absolute atomic E-state index is 0.651. The molecule has 106 valence electrons. The van der Waals surface area contributed by atoms with E-state index in [0.29, 0.717) is 5.56 Å². The van der Waals surface area contributed by atoms with Crippen molar-refractivity contribution < 1.29 is 4.74 Å². The fourth-order valence-corrected chi connectivity index (χ4v) is 2.80. The number of nitrogens with zero attached hydrogens (tertiary/aromatic N) is 2. The summed E-state index contributed by atoms with van der Waals surface area (Å²) in [4.78, 5) is 2.28. The maximum absolute atomic E-state index is 9.06. The van der Waals surface area contributed by atoms with Crippen LogP contribution in [0.3, 0.4) is 0 Å². The van der Waals surface area contributed by atoms with Gasteiger partial charge >= 0.3 is 0 Å². The smallest absolute Gasteiger partial charge is 0.123 e. The first-order chi connectivity index (χ1) is 10.2. The van der Waals surface area contributed by atoms with E-state index >= 15 is 0 Å². The third-order valence-corrected chi connectivity index (χ3v) is 3.87. The molecule has 21 heavy (non-hydrogen) atoms. The van der Waals surface area contributed by atoms with Gasteiger partial charge in [0.1, 0.15) is 5.75 Å². The van der Waals surface area contributed by atoms with Crippen LogP contribution < -0.4 is 15.4 Å². The molecule has 0 aliphatic carbocycles. The first-order valence-corrected chi connectivity index (χ1v) is 6.91. The Bertz CT molecular complexity index is 718. The molecule has 2 N–H and O–H groups in total. The number of benzene rings is 2. The van der Waals surface area contributed by atoms with E-state index < -0.39 is 0 Å². The number of nitrogen functional groups attached to an aromatic ring is 1. The number of anilines is 2. The number of methoxy groups -OCH3 is 1. The summed E-state index contributed by atoms with van der Waals surface area (Å²) in [5.41, 5.74) is 10.8. The summed E-state index contributed by atoms with van der Waals surface area (Å²) in [6, 6.07) is 13.7. The van der Waals surface area contributed by atoms with E-state index in [1.165, 1.54) is 11.3 Å². The van der Waals surface area contributed by atoms with Crippen LogP contribution in [0.15, 0.2) is 36.4 Å². The molecule has 3 rings (SSSR count). The molecular formula is C17H17N3O. The quantitative estimate of drug-likeness (QED) is 0.877. The van der Waals surface area contributed by atoms with Gasteiger partial charge < -0.3 is 15.4 Å². The summed E-state index contributed by atoms with van der Waals surface area (Å²) in [5.74, 6) is 0.811. The summed E-state index contributed by atoms with van der Waals surface area (Å²) < 4.78 is 5.41. The van der Waals surface area contributed by atoms with Crippen molar-refractivity contribution in [2.45, 2.75) is 13.0 Å². The molecule has 1 heterocycles. The summed E-state index contributed by atoms with van der Waals surface area (Å²) in [7, 11) is 1.65. The van der Waals surface area contributed by atoms with Crippen LogP contribution in [0, 0.1) is 11.3 Å². The molecule has 1 aliphatic rings.